The third-order valence-electron chi connectivity index (χ3n) is 5.10. The van der Waals surface area contributed by atoms with Crippen LogP contribution in [0, 0.1) is 0 Å². The van der Waals surface area contributed by atoms with Crippen LogP contribution in [0.1, 0.15) is 36.1 Å². The average molecular weight is 377 g/mol. The van der Waals surface area contributed by atoms with E-state index in [2.05, 4.69) is 12.1 Å². The number of amides is 2. The zero-order valence-corrected chi connectivity index (χ0v) is 16.3. The summed E-state index contributed by atoms with van der Waals surface area (Å²) in [7, 11) is 0. The maximum absolute atomic E-state index is 13.1. The van der Waals surface area contributed by atoms with Crippen molar-refractivity contribution in [3.05, 3.63) is 77.5 Å². The Morgan fingerprint density at radius 1 is 1.04 bits per heavy atom. The molecule has 5 heteroatoms. The van der Waals surface area contributed by atoms with Gasteiger partial charge in [0.2, 0.25) is 11.8 Å². The van der Waals surface area contributed by atoms with Gasteiger partial charge in [-0.15, -0.1) is 0 Å². The van der Waals surface area contributed by atoms with Crippen molar-refractivity contribution in [1.82, 2.24) is 9.80 Å². The standard InChI is InChI=1S/C23H27N3O2/c1-18(27)26-15-12-20-9-5-6-10-21(20)22(26)17-23(28)25(16-13-24)14-11-19-7-3-2-4-8-19/h2-10,12,15,22H,11,13-14,16-17,24H2,1H3. The molecule has 2 aromatic rings. The van der Waals surface area contributed by atoms with E-state index in [9.17, 15) is 9.59 Å². The molecule has 0 bridgehead atoms. The molecule has 0 fully saturated rings. The first-order valence-corrected chi connectivity index (χ1v) is 9.68. The van der Waals surface area contributed by atoms with E-state index in [-0.39, 0.29) is 24.3 Å². The fourth-order valence-electron chi connectivity index (χ4n) is 3.63. The summed E-state index contributed by atoms with van der Waals surface area (Å²) in [6.45, 7) is 3.07. The molecule has 0 spiro atoms. The minimum absolute atomic E-state index is 0.0164. The highest BCUT2D eigenvalue weighted by Crippen LogP contribution is 2.33. The van der Waals surface area contributed by atoms with Crippen molar-refractivity contribution in [2.24, 2.45) is 5.73 Å². The van der Waals surface area contributed by atoms with E-state index in [1.807, 2.05) is 53.4 Å². The first kappa shape index (κ1) is 19.8. The van der Waals surface area contributed by atoms with Crippen molar-refractivity contribution in [2.45, 2.75) is 25.8 Å². The van der Waals surface area contributed by atoms with Crippen LogP contribution in [0.25, 0.3) is 6.08 Å². The van der Waals surface area contributed by atoms with Gasteiger partial charge in [-0.25, -0.2) is 0 Å². The quantitative estimate of drug-likeness (QED) is 0.807. The first-order valence-electron chi connectivity index (χ1n) is 9.68. The molecule has 2 amide bonds. The smallest absolute Gasteiger partial charge is 0.225 e. The zero-order chi connectivity index (χ0) is 19.9. The summed E-state index contributed by atoms with van der Waals surface area (Å²) in [6.07, 6.45) is 4.73. The maximum atomic E-state index is 13.1. The number of nitrogens with two attached hydrogens (primary N) is 1. The van der Waals surface area contributed by atoms with Gasteiger partial charge in [0.1, 0.15) is 0 Å². The van der Waals surface area contributed by atoms with Crippen LogP contribution in [-0.4, -0.2) is 41.2 Å². The molecule has 0 aromatic heterocycles. The molecule has 1 aliphatic heterocycles. The molecule has 2 aromatic carbocycles. The van der Waals surface area contributed by atoms with E-state index >= 15 is 0 Å². The Bertz CT molecular complexity index is 848. The Labute approximate surface area is 166 Å². The summed E-state index contributed by atoms with van der Waals surface area (Å²) < 4.78 is 0. The van der Waals surface area contributed by atoms with Gasteiger partial charge >= 0.3 is 0 Å². The van der Waals surface area contributed by atoms with E-state index in [0.29, 0.717) is 19.6 Å². The second-order valence-corrected chi connectivity index (χ2v) is 7.00. The van der Waals surface area contributed by atoms with Crippen LogP contribution in [0.15, 0.2) is 60.8 Å². The number of carbonyl (C=O) groups is 2. The van der Waals surface area contributed by atoms with Gasteiger partial charge < -0.3 is 15.5 Å². The lowest BCUT2D eigenvalue weighted by atomic mass is 9.93. The van der Waals surface area contributed by atoms with Crippen molar-refractivity contribution in [3.8, 4) is 0 Å². The fourth-order valence-corrected chi connectivity index (χ4v) is 3.63. The number of nitrogens with zero attached hydrogens (tertiary/aromatic N) is 2. The summed E-state index contributed by atoms with van der Waals surface area (Å²) >= 11 is 0. The summed E-state index contributed by atoms with van der Waals surface area (Å²) in [6, 6.07) is 17.7. The average Bonchev–Trinajstić information content (AvgIpc) is 2.71. The van der Waals surface area contributed by atoms with Crippen molar-refractivity contribution in [3.63, 3.8) is 0 Å². The molecule has 1 unspecified atom stereocenters. The van der Waals surface area contributed by atoms with E-state index < -0.39 is 0 Å². The molecule has 2 N–H and O–H groups in total. The molecule has 0 saturated heterocycles. The molecule has 0 aliphatic carbocycles. The number of carbonyl (C=O) groups excluding carboxylic acids is 2. The molecule has 1 heterocycles. The molecule has 5 nitrogen and oxygen atoms in total. The third-order valence-corrected chi connectivity index (χ3v) is 5.10. The van der Waals surface area contributed by atoms with Gasteiger partial charge in [-0.2, -0.15) is 0 Å². The Morgan fingerprint density at radius 2 is 1.75 bits per heavy atom. The predicted octanol–water partition coefficient (Wildman–Crippen LogP) is 2.98. The van der Waals surface area contributed by atoms with Gasteiger partial charge in [0.25, 0.3) is 0 Å². The molecule has 0 saturated carbocycles. The van der Waals surface area contributed by atoms with Gasteiger partial charge in [0.15, 0.2) is 0 Å². The lowest BCUT2D eigenvalue weighted by Gasteiger charge is -2.34. The van der Waals surface area contributed by atoms with E-state index in [0.717, 1.165) is 17.5 Å². The molecule has 146 valence electrons. The number of hydrogen-bond donors (Lipinski definition) is 1. The summed E-state index contributed by atoms with van der Waals surface area (Å²) in [5.74, 6) is -0.0547. The normalized spacial score (nSPS) is 15.2. The lowest BCUT2D eigenvalue weighted by molar-refractivity contribution is -0.134. The van der Waals surface area contributed by atoms with Gasteiger partial charge in [-0.3, -0.25) is 9.59 Å². The highest BCUT2D eigenvalue weighted by molar-refractivity contribution is 5.82. The van der Waals surface area contributed by atoms with Crippen LogP contribution in [0.3, 0.4) is 0 Å². The van der Waals surface area contributed by atoms with Crippen LogP contribution in [0.2, 0.25) is 0 Å². The van der Waals surface area contributed by atoms with Crippen LogP contribution in [-0.2, 0) is 16.0 Å². The molecular weight excluding hydrogens is 350 g/mol. The predicted molar refractivity (Wildman–Crippen MR) is 111 cm³/mol. The van der Waals surface area contributed by atoms with Gasteiger partial charge in [-0.05, 0) is 29.2 Å². The molecule has 1 aliphatic rings. The summed E-state index contributed by atoms with van der Waals surface area (Å²) in [5, 5.41) is 0. The molecular formula is C23H27N3O2. The minimum Gasteiger partial charge on any atom is -0.341 e. The molecule has 1 atom stereocenters. The Kier molecular flexibility index (Phi) is 6.61. The van der Waals surface area contributed by atoms with Crippen LogP contribution in [0.5, 0.6) is 0 Å². The van der Waals surface area contributed by atoms with Crippen molar-refractivity contribution in [1.29, 1.82) is 0 Å². The van der Waals surface area contributed by atoms with E-state index in [1.165, 1.54) is 12.5 Å². The van der Waals surface area contributed by atoms with E-state index in [4.69, 9.17) is 5.73 Å². The zero-order valence-electron chi connectivity index (χ0n) is 16.3. The number of rotatable bonds is 7. The number of hydrogen-bond acceptors (Lipinski definition) is 3. The number of benzene rings is 2. The van der Waals surface area contributed by atoms with Gasteiger partial charge in [0.05, 0.1) is 12.5 Å². The molecule has 3 rings (SSSR count). The number of fused-ring (bicyclic) bond motifs is 1. The third kappa shape index (κ3) is 4.67. The Balaban J connectivity index is 1.75. The van der Waals surface area contributed by atoms with Crippen LogP contribution < -0.4 is 5.73 Å². The molecule has 28 heavy (non-hydrogen) atoms. The van der Waals surface area contributed by atoms with E-state index in [1.54, 1.807) is 11.1 Å². The maximum Gasteiger partial charge on any atom is 0.225 e. The monoisotopic (exact) mass is 377 g/mol. The highest BCUT2D eigenvalue weighted by Gasteiger charge is 2.29. The van der Waals surface area contributed by atoms with Gasteiger partial charge in [0, 0.05) is 32.8 Å². The van der Waals surface area contributed by atoms with Crippen molar-refractivity contribution < 1.29 is 9.59 Å². The summed E-state index contributed by atoms with van der Waals surface area (Å²) in [4.78, 5) is 28.7. The minimum atomic E-state index is -0.289. The lowest BCUT2D eigenvalue weighted by Crippen LogP contribution is -2.40. The van der Waals surface area contributed by atoms with Crippen LogP contribution in [0.4, 0.5) is 0 Å². The van der Waals surface area contributed by atoms with Gasteiger partial charge in [-0.1, -0.05) is 54.6 Å². The van der Waals surface area contributed by atoms with Crippen molar-refractivity contribution in [2.75, 3.05) is 19.6 Å². The van der Waals surface area contributed by atoms with Crippen molar-refractivity contribution >= 4 is 17.9 Å². The largest absolute Gasteiger partial charge is 0.341 e. The Morgan fingerprint density at radius 3 is 2.46 bits per heavy atom. The first-order chi connectivity index (χ1) is 13.6. The topological polar surface area (TPSA) is 66.6 Å². The van der Waals surface area contributed by atoms with Crippen LogP contribution >= 0.6 is 0 Å². The molecule has 0 radical (unpaired) electrons. The second-order valence-electron chi connectivity index (χ2n) is 7.00. The highest BCUT2D eigenvalue weighted by atomic mass is 16.2. The SMILES string of the molecule is CC(=O)N1C=Cc2ccccc2C1CC(=O)N(CCN)CCc1ccccc1. The fraction of sp³-hybridized carbons (Fsp3) is 0.304. The Hall–Kier alpha value is -2.92. The summed E-state index contributed by atoms with van der Waals surface area (Å²) in [5.41, 5.74) is 8.99. The second kappa shape index (κ2) is 9.33.